The van der Waals surface area contributed by atoms with Crippen LogP contribution >= 0.6 is 11.6 Å². The molecule has 1 aliphatic heterocycles. The van der Waals surface area contributed by atoms with Gasteiger partial charge in [0.2, 0.25) is 0 Å². The van der Waals surface area contributed by atoms with Gasteiger partial charge in [-0.15, -0.1) is 0 Å². The van der Waals surface area contributed by atoms with E-state index in [1.54, 1.807) is 0 Å². The van der Waals surface area contributed by atoms with Crippen molar-refractivity contribution in [2.45, 2.75) is 0 Å². The number of carboxylic acids is 1. The molecule has 2 amide bonds. The Morgan fingerprint density at radius 1 is 1.12 bits per heavy atom. The molecule has 6 heteroatoms. The van der Waals surface area contributed by atoms with E-state index in [0.29, 0.717) is 0 Å². The Balaban J connectivity index is 2.49. The van der Waals surface area contributed by atoms with Crippen molar-refractivity contribution in [1.82, 2.24) is 0 Å². The van der Waals surface area contributed by atoms with Gasteiger partial charge >= 0.3 is 5.97 Å². The molecule has 0 saturated heterocycles. The molecule has 0 spiro atoms. The first kappa shape index (κ1) is 11.3. The number of carboxylic acid groups (broad SMARTS) is 1. The number of rotatable bonds is 2. The molecule has 0 aromatic heterocycles. The van der Waals surface area contributed by atoms with Crippen LogP contribution in [0.4, 0.5) is 5.69 Å². The summed E-state index contributed by atoms with van der Waals surface area (Å²) in [5.41, 5.74) is 0.0647. The molecule has 86 valence electrons. The first-order valence-corrected chi connectivity index (χ1v) is 4.97. The molecule has 2 rings (SSSR count). The number of nitrogens with zero attached hydrogens (tertiary/aromatic N) is 1. The van der Waals surface area contributed by atoms with Crippen LogP contribution in [-0.4, -0.2) is 22.9 Å². The largest absolute Gasteiger partial charge is 0.478 e. The van der Waals surface area contributed by atoms with Crippen LogP contribution in [0.15, 0.2) is 30.4 Å². The van der Waals surface area contributed by atoms with Crippen LogP contribution < -0.4 is 4.90 Å². The third-order valence-corrected chi connectivity index (χ3v) is 2.42. The van der Waals surface area contributed by atoms with Crippen LogP contribution in [0.1, 0.15) is 10.4 Å². The maximum absolute atomic E-state index is 11.4. The van der Waals surface area contributed by atoms with Crippen molar-refractivity contribution in [3.05, 3.63) is 40.9 Å². The smallest absolute Gasteiger partial charge is 0.335 e. The highest BCUT2D eigenvalue weighted by Gasteiger charge is 2.26. The van der Waals surface area contributed by atoms with Crippen molar-refractivity contribution < 1.29 is 19.5 Å². The number of aromatic carboxylic acids is 1. The molecule has 0 saturated carbocycles. The molecule has 0 bridgehead atoms. The summed E-state index contributed by atoms with van der Waals surface area (Å²) in [6.45, 7) is 0. The summed E-state index contributed by atoms with van der Waals surface area (Å²) in [5, 5.41) is 8.99. The second-order valence-corrected chi connectivity index (χ2v) is 3.78. The Morgan fingerprint density at radius 2 is 1.71 bits per heavy atom. The summed E-state index contributed by atoms with van der Waals surface area (Å²) in [7, 11) is 0. The zero-order valence-corrected chi connectivity index (χ0v) is 9.14. The molecule has 1 aromatic carbocycles. The minimum absolute atomic E-state index is 0.0833. The molecule has 0 fully saturated rings. The van der Waals surface area contributed by atoms with Crippen LogP contribution in [0.25, 0.3) is 0 Å². The van der Waals surface area contributed by atoms with Crippen molar-refractivity contribution in [1.29, 1.82) is 0 Å². The lowest BCUT2D eigenvalue weighted by Crippen LogP contribution is -2.29. The van der Waals surface area contributed by atoms with E-state index in [-0.39, 0.29) is 16.3 Å². The Labute approximate surface area is 101 Å². The van der Waals surface area contributed by atoms with E-state index in [9.17, 15) is 14.4 Å². The van der Waals surface area contributed by atoms with Crippen molar-refractivity contribution in [3.8, 4) is 0 Å². The Bertz CT molecular complexity index is 547. The average molecular weight is 252 g/mol. The maximum Gasteiger partial charge on any atom is 0.335 e. The molecule has 1 N–H and O–H groups in total. The number of hydrogen-bond acceptors (Lipinski definition) is 3. The van der Waals surface area contributed by atoms with Gasteiger partial charge in [-0.3, -0.25) is 9.59 Å². The van der Waals surface area contributed by atoms with E-state index >= 15 is 0 Å². The van der Waals surface area contributed by atoms with Crippen molar-refractivity contribution in [3.63, 3.8) is 0 Å². The number of carbonyl (C=O) groups excluding carboxylic acids is 2. The number of amides is 2. The quantitative estimate of drug-likeness (QED) is 0.808. The van der Waals surface area contributed by atoms with Gasteiger partial charge in [0.05, 0.1) is 11.3 Å². The molecule has 1 aliphatic rings. The van der Waals surface area contributed by atoms with Crippen LogP contribution in [0.3, 0.4) is 0 Å². The average Bonchev–Trinajstić information content (AvgIpc) is 2.57. The van der Waals surface area contributed by atoms with Gasteiger partial charge in [0.15, 0.2) is 0 Å². The van der Waals surface area contributed by atoms with Gasteiger partial charge in [0, 0.05) is 17.2 Å². The topological polar surface area (TPSA) is 74.7 Å². The fraction of sp³-hybridized carbons (Fsp3) is 0. The lowest BCUT2D eigenvalue weighted by Gasteiger charge is -2.14. The summed E-state index contributed by atoms with van der Waals surface area (Å²) < 4.78 is 0. The molecule has 1 heterocycles. The highest BCUT2D eigenvalue weighted by Crippen LogP contribution is 2.25. The van der Waals surface area contributed by atoms with E-state index in [0.717, 1.165) is 17.1 Å². The number of anilines is 1. The van der Waals surface area contributed by atoms with Gasteiger partial charge in [0.25, 0.3) is 11.8 Å². The molecule has 1 aromatic rings. The Hall–Kier alpha value is -2.14. The van der Waals surface area contributed by atoms with Gasteiger partial charge in [0.1, 0.15) is 0 Å². The van der Waals surface area contributed by atoms with Gasteiger partial charge < -0.3 is 5.11 Å². The van der Waals surface area contributed by atoms with Crippen molar-refractivity contribution >= 4 is 35.1 Å². The number of carbonyl (C=O) groups is 3. The molecule has 0 atom stereocenters. The zero-order chi connectivity index (χ0) is 12.6. The second-order valence-electron chi connectivity index (χ2n) is 3.35. The SMILES string of the molecule is O=C(O)c1cc(Cl)cc(N2C(=O)C=CC2=O)c1. The molecule has 0 radical (unpaired) electrons. The highest BCUT2D eigenvalue weighted by atomic mass is 35.5. The van der Waals surface area contributed by atoms with E-state index < -0.39 is 17.8 Å². The maximum atomic E-state index is 11.4. The molecule has 17 heavy (non-hydrogen) atoms. The molecular weight excluding hydrogens is 246 g/mol. The summed E-state index contributed by atoms with van der Waals surface area (Å²) in [5.74, 6) is -2.22. The Morgan fingerprint density at radius 3 is 2.24 bits per heavy atom. The first-order chi connectivity index (χ1) is 7.99. The number of hydrogen-bond donors (Lipinski definition) is 1. The standard InChI is InChI=1S/C11H6ClNO4/c12-7-3-6(11(16)17)4-8(5-7)13-9(14)1-2-10(13)15/h1-5H,(H,16,17). The third kappa shape index (κ3) is 2.05. The highest BCUT2D eigenvalue weighted by molar-refractivity contribution is 6.32. The van der Waals surface area contributed by atoms with Crippen molar-refractivity contribution in [2.24, 2.45) is 0 Å². The summed E-state index contributed by atoms with van der Waals surface area (Å²) >= 11 is 5.73. The van der Waals surface area contributed by atoms with E-state index in [1.165, 1.54) is 18.2 Å². The third-order valence-electron chi connectivity index (χ3n) is 2.20. The van der Waals surface area contributed by atoms with Crippen molar-refractivity contribution in [2.75, 3.05) is 4.90 Å². The predicted molar refractivity (Wildman–Crippen MR) is 60.0 cm³/mol. The van der Waals surface area contributed by atoms with Crippen LogP contribution in [0, 0.1) is 0 Å². The predicted octanol–water partition coefficient (Wildman–Crippen LogP) is 1.47. The van der Waals surface area contributed by atoms with Gasteiger partial charge in [-0.1, -0.05) is 11.6 Å². The van der Waals surface area contributed by atoms with E-state index in [4.69, 9.17) is 16.7 Å². The van der Waals surface area contributed by atoms with Crippen LogP contribution in [-0.2, 0) is 9.59 Å². The monoisotopic (exact) mass is 251 g/mol. The van der Waals surface area contributed by atoms with Gasteiger partial charge in [-0.05, 0) is 18.2 Å². The summed E-state index contributed by atoms with van der Waals surface area (Å²) in [6.07, 6.45) is 2.23. The zero-order valence-electron chi connectivity index (χ0n) is 8.38. The molecule has 5 nitrogen and oxygen atoms in total. The first-order valence-electron chi connectivity index (χ1n) is 4.59. The van der Waals surface area contributed by atoms with E-state index in [1.807, 2.05) is 0 Å². The lowest BCUT2D eigenvalue weighted by atomic mass is 10.2. The minimum atomic E-state index is -1.18. The summed E-state index contributed by atoms with van der Waals surface area (Å²) in [4.78, 5) is 34.5. The molecule has 0 unspecified atom stereocenters. The lowest BCUT2D eigenvalue weighted by molar-refractivity contribution is -0.119. The van der Waals surface area contributed by atoms with Crippen LogP contribution in [0.5, 0.6) is 0 Å². The fourth-order valence-corrected chi connectivity index (χ4v) is 1.71. The normalized spacial score (nSPS) is 14.5. The van der Waals surface area contributed by atoms with Gasteiger partial charge in [-0.2, -0.15) is 0 Å². The molecular formula is C11H6ClNO4. The number of benzene rings is 1. The van der Waals surface area contributed by atoms with E-state index in [2.05, 4.69) is 0 Å². The minimum Gasteiger partial charge on any atom is -0.478 e. The molecule has 0 aliphatic carbocycles. The van der Waals surface area contributed by atoms with Crippen LogP contribution in [0.2, 0.25) is 5.02 Å². The number of imide groups is 1. The Kier molecular flexibility index (Phi) is 2.69. The second kappa shape index (κ2) is 4.03. The fourth-order valence-electron chi connectivity index (χ4n) is 1.48. The summed E-state index contributed by atoms with van der Waals surface area (Å²) in [6, 6.07) is 3.82. The van der Waals surface area contributed by atoms with Gasteiger partial charge in [-0.25, -0.2) is 9.69 Å². The number of halogens is 1.